The molecule has 2 aliphatic carbocycles. The Morgan fingerprint density at radius 2 is 1.92 bits per heavy atom. The van der Waals surface area contributed by atoms with Crippen LogP contribution >= 0.6 is 0 Å². The van der Waals surface area contributed by atoms with E-state index in [0.29, 0.717) is 0 Å². The van der Waals surface area contributed by atoms with Crippen LogP contribution in [0, 0.1) is 23.7 Å². The molecule has 2 atom stereocenters. The summed E-state index contributed by atoms with van der Waals surface area (Å²) in [4.78, 5) is 12.2. The van der Waals surface area contributed by atoms with Gasteiger partial charge >= 0.3 is 6.09 Å². The Morgan fingerprint density at radius 1 is 1.31 bits per heavy atom. The lowest BCUT2D eigenvalue weighted by Gasteiger charge is -2.15. The minimum absolute atomic E-state index is 0.725. The third-order valence-corrected chi connectivity index (χ3v) is 3.94. The van der Waals surface area contributed by atoms with Gasteiger partial charge in [-0.05, 0) is 30.1 Å². The molecule has 3 nitrogen and oxygen atoms in total. The van der Waals surface area contributed by atoms with Crippen molar-refractivity contribution in [2.75, 3.05) is 13.1 Å². The monoisotopic (exact) mass is 181 g/mol. The van der Waals surface area contributed by atoms with E-state index in [0.717, 1.165) is 36.8 Å². The predicted molar refractivity (Wildman–Crippen MR) is 47.4 cm³/mol. The largest absolute Gasteiger partial charge is 0.465 e. The number of hydrogen-bond donors (Lipinski definition) is 1. The number of piperidine rings is 1. The summed E-state index contributed by atoms with van der Waals surface area (Å²) in [5, 5.41) is 8.76. The van der Waals surface area contributed by atoms with Crippen LogP contribution in [-0.2, 0) is 0 Å². The van der Waals surface area contributed by atoms with Crippen molar-refractivity contribution >= 4 is 6.09 Å². The van der Waals surface area contributed by atoms with Crippen molar-refractivity contribution in [3.63, 3.8) is 0 Å². The second kappa shape index (κ2) is 2.40. The summed E-state index contributed by atoms with van der Waals surface area (Å²) in [6, 6.07) is 0. The van der Waals surface area contributed by atoms with Gasteiger partial charge in [0.05, 0.1) is 0 Å². The summed E-state index contributed by atoms with van der Waals surface area (Å²) in [6.45, 7) is 1.63. The molecule has 0 aromatic carbocycles. The minimum atomic E-state index is -0.725. The predicted octanol–water partition coefficient (Wildman–Crippen LogP) is 1.64. The van der Waals surface area contributed by atoms with E-state index in [4.69, 9.17) is 5.11 Å². The molecule has 2 saturated carbocycles. The number of carbonyl (C=O) groups is 1. The Morgan fingerprint density at radius 3 is 2.38 bits per heavy atom. The van der Waals surface area contributed by atoms with Gasteiger partial charge in [0.1, 0.15) is 0 Å². The quantitative estimate of drug-likeness (QED) is 0.703. The minimum Gasteiger partial charge on any atom is -0.465 e. The van der Waals surface area contributed by atoms with E-state index in [-0.39, 0.29) is 0 Å². The van der Waals surface area contributed by atoms with Gasteiger partial charge in [0.25, 0.3) is 0 Å². The summed E-state index contributed by atoms with van der Waals surface area (Å²) in [6.07, 6.45) is 3.53. The highest BCUT2D eigenvalue weighted by molar-refractivity contribution is 5.65. The van der Waals surface area contributed by atoms with Gasteiger partial charge in [0, 0.05) is 13.1 Å². The molecule has 13 heavy (non-hydrogen) atoms. The van der Waals surface area contributed by atoms with Crippen LogP contribution in [-0.4, -0.2) is 29.2 Å². The lowest BCUT2D eigenvalue weighted by molar-refractivity contribution is 0.148. The Hall–Kier alpha value is -0.730. The van der Waals surface area contributed by atoms with Crippen LogP contribution in [0.1, 0.15) is 19.3 Å². The zero-order valence-electron chi connectivity index (χ0n) is 7.65. The Bertz CT molecular complexity index is 237. The lowest BCUT2D eigenvalue weighted by Crippen LogP contribution is -2.29. The first-order valence-electron chi connectivity index (χ1n) is 5.23. The van der Waals surface area contributed by atoms with Crippen molar-refractivity contribution in [3.8, 4) is 0 Å². The average molecular weight is 181 g/mol. The Balaban J connectivity index is 1.52. The molecule has 1 N–H and O–H groups in total. The topological polar surface area (TPSA) is 40.5 Å². The maximum absolute atomic E-state index is 10.6. The molecule has 1 amide bonds. The third-order valence-electron chi connectivity index (χ3n) is 3.94. The fraction of sp³-hybridized carbons (Fsp3) is 0.900. The SMILES string of the molecule is O=C(O)N1CC2C(CC3CC3)C2C1. The van der Waals surface area contributed by atoms with Gasteiger partial charge in [-0.3, -0.25) is 0 Å². The van der Waals surface area contributed by atoms with Crippen LogP contribution in [0.5, 0.6) is 0 Å². The number of amides is 1. The number of carboxylic acid groups (broad SMARTS) is 1. The van der Waals surface area contributed by atoms with E-state index in [1.165, 1.54) is 19.3 Å². The Labute approximate surface area is 77.7 Å². The van der Waals surface area contributed by atoms with Gasteiger partial charge in [-0.1, -0.05) is 12.8 Å². The first-order chi connectivity index (χ1) is 6.25. The van der Waals surface area contributed by atoms with E-state index in [2.05, 4.69) is 0 Å². The van der Waals surface area contributed by atoms with Gasteiger partial charge < -0.3 is 10.0 Å². The van der Waals surface area contributed by atoms with Crippen LogP contribution < -0.4 is 0 Å². The molecule has 3 rings (SSSR count). The third kappa shape index (κ3) is 1.21. The second-order valence-electron chi connectivity index (χ2n) is 4.86. The molecule has 72 valence electrons. The van der Waals surface area contributed by atoms with Crippen molar-refractivity contribution in [3.05, 3.63) is 0 Å². The highest BCUT2D eigenvalue weighted by Gasteiger charge is 2.57. The molecule has 3 aliphatic rings. The van der Waals surface area contributed by atoms with Gasteiger partial charge in [-0.25, -0.2) is 4.79 Å². The summed E-state index contributed by atoms with van der Waals surface area (Å²) >= 11 is 0. The molecule has 1 heterocycles. The average Bonchev–Trinajstić information content (AvgIpc) is 2.96. The van der Waals surface area contributed by atoms with Crippen molar-refractivity contribution in [1.82, 2.24) is 4.90 Å². The molecule has 0 spiro atoms. The number of fused-ring (bicyclic) bond motifs is 1. The van der Waals surface area contributed by atoms with Crippen LogP contribution in [0.3, 0.4) is 0 Å². The van der Waals surface area contributed by atoms with Gasteiger partial charge in [-0.2, -0.15) is 0 Å². The first kappa shape index (κ1) is 7.65. The zero-order valence-corrected chi connectivity index (χ0v) is 7.65. The molecule has 2 unspecified atom stereocenters. The molecule has 3 heteroatoms. The van der Waals surface area contributed by atoms with E-state index in [1.807, 2.05) is 0 Å². The van der Waals surface area contributed by atoms with Crippen molar-refractivity contribution < 1.29 is 9.90 Å². The van der Waals surface area contributed by atoms with Crippen LogP contribution in [0.15, 0.2) is 0 Å². The maximum Gasteiger partial charge on any atom is 0.407 e. The highest BCUT2D eigenvalue weighted by atomic mass is 16.4. The highest BCUT2D eigenvalue weighted by Crippen LogP contribution is 2.57. The molecule has 0 aromatic rings. The van der Waals surface area contributed by atoms with Gasteiger partial charge in [-0.15, -0.1) is 0 Å². The molecule has 1 aliphatic heterocycles. The number of nitrogens with zero attached hydrogens (tertiary/aromatic N) is 1. The van der Waals surface area contributed by atoms with Crippen molar-refractivity contribution in [1.29, 1.82) is 0 Å². The summed E-state index contributed by atoms with van der Waals surface area (Å²) in [5.41, 5.74) is 0. The van der Waals surface area contributed by atoms with Crippen molar-refractivity contribution in [2.24, 2.45) is 23.7 Å². The van der Waals surface area contributed by atoms with Crippen LogP contribution in [0.25, 0.3) is 0 Å². The smallest absolute Gasteiger partial charge is 0.407 e. The Kier molecular flexibility index (Phi) is 1.41. The molecule has 0 radical (unpaired) electrons. The molecule has 0 aromatic heterocycles. The first-order valence-corrected chi connectivity index (χ1v) is 5.23. The molecular weight excluding hydrogens is 166 g/mol. The normalized spacial score (nSPS) is 41.8. The fourth-order valence-electron chi connectivity index (χ4n) is 2.89. The van der Waals surface area contributed by atoms with E-state index in [9.17, 15) is 4.79 Å². The number of hydrogen-bond acceptors (Lipinski definition) is 1. The van der Waals surface area contributed by atoms with E-state index < -0.39 is 6.09 Å². The number of rotatable bonds is 2. The van der Waals surface area contributed by atoms with Gasteiger partial charge in [0.2, 0.25) is 0 Å². The lowest BCUT2D eigenvalue weighted by atomic mass is 10.1. The second-order valence-corrected chi connectivity index (χ2v) is 4.86. The van der Waals surface area contributed by atoms with E-state index in [1.54, 1.807) is 4.90 Å². The molecule has 1 saturated heterocycles. The maximum atomic E-state index is 10.6. The van der Waals surface area contributed by atoms with Crippen LogP contribution in [0.4, 0.5) is 4.79 Å². The zero-order chi connectivity index (χ0) is 9.00. The molecule has 0 bridgehead atoms. The summed E-state index contributed by atoms with van der Waals surface area (Å²) in [5.74, 6) is 3.37. The standard InChI is InChI=1S/C10H15NO2/c12-10(13)11-4-8-7(9(8)5-11)3-6-1-2-6/h6-9H,1-5H2,(H,12,13). The van der Waals surface area contributed by atoms with Crippen molar-refractivity contribution in [2.45, 2.75) is 19.3 Å². The van der Waals surface area contributed by atoms with Crippen LogP contribution in [0.2, 0.25) is 0 Å². The summed E-state index contributed by atoms with van der Waals surface area (Å²) < 4.78 is 0. The number of likely N-dealkylation sites (tertiary alicyclic amines) is 1. The molecule has 3 fully saturated rings. The fourth-order valence-corrected chi connectivity index (χ4v) is 2.89. The van der Waals surface area contributed by atoms with E-state index >= 15 is 0 Å². The summed E-state index contributed by atoms with van der Waals surface area (Å²) in [7, 11) is 0. The molecular formula is C10H15NO2. The van der Waals surface area contributed by atoms with Gasteiger partial charge in [0.15, 0.2) is 0 Å².